The van der Waals surface area contributed by atoms with Crippen LogP contribution in [-0.2, 0) is 4.74 Å². The molecule has 2 atom stereocenters. The van der Waals surface area contributed by atoms with Crippen LogP contribution < -0.4 is 10.2 Å². The smallest absolute Gasteiger partial charge is 0.356 e. The summed E-state index contributed by atoms with van der Waals surface area (Å²) < 4.78 is 33.4. The Morgan fingerprint density at radius 2 is 2.11 bits per heavy atom. The summed E-state index contributed by atoms with van der Waals surface area (Å²) in [6, 6.07) is 8.22. The Morgan fingerprint density at radius 1 is 1.36 bits per heavy atom. The van der Waals surface area contributed by atoms with Gasteiger partial charge in [-0.25, -0.2) is 28.5 Å². The fourth-order valence-electron chi connectivity index (χ4n) is 4.28. The largest absolute Gasteiger partial charge is 0.476 e. The lowest BCUT2D eigenvalue weighted by Crippen LogP contribution is -2.52. The van der Waals surface area contributed by atoms with Gasteiger partial charge in [0, 0.05) is 25.6 Å². The Balaban J connectivity index is 1.78. The minimum atomic E-state index is -2.99. The normalized spacial score (nSPS) is 18.0. The van der Waals surface area contributed by atoms with Gasteiger partial charge >= 0.3 is 5.97 Å². The number of piperidine rings is 1. The minimum Gasteiger partial charge on any atom is -0.476 e. The van der Waals surface area contributed by atoms with Crippen LogP contribution in [0.25, 0.3) is 11.0 Å². The summed E-state index contributed by atoms with van der Waals surface area (Å²) in [7, 11) is 1.23. The molecule has 1 aliphatic heterocycles. The molecule has 12 heteroatoms. The molecule has 0 spiro atoms. The van der Waals surface area contributed by atoms with Crippen molar-refractivity contribution in [3.05, 3.63) is 51.9 Å². The lowest BCUT2D eigenvalue weighted by Gasteiger charge is -2.38. The number of nitrogens with zero attached hydrogens (tertiary/aromatic N) is 5. The minimum absolute atomic E-state index is 0.0187. The third kappa shape index (κ3) is 4.87. The number of aromatic carboxylic acids is 1. The zero-order valence-corrected chi connectivity index (χ0v) is 20.5. The third-order valence-electron chi connectivity index (χ3n) is 6.09. The number of hydrogen-bond acceptors (Lipinski definition) is 8. The van der Waals surface area contributed by atoms with E-state index >= 15 is 0 Å². The molecule has 0 bridgehead atoms. The van der Waals surface area contributed by atoms with E-state index in [1.54, 1.807) is 11.0 Å². The lowest BCUT2D eigenvalue weighted by atomic mass is 10.0. The maximum absolute atomic E-state index is 14.2. The maximum atomic E-state index is 14.2. The number of fused-ring (bicyclic) bond motifs is 1. The van der Waals surface area contributed by atoms with Crippen LogP contribution in [0.4, 0.5) is 20.3 Å². The number of aromatic nitrogens is 3. The first-order valence-corrected chi connectivity index (χ1v) is 11.5. The number of alkyl halides is 2. The first kappa shape index (κ1) is 25.5. The van der Waals surface area contributed by atoms with E-state index in [-0.39, 0.29) is 41.1 Å². The van der Waals surface area contributed by atoms with Crippen LogP contribution in [-0.4, -0.2) is 58.3 Å². The first-order chi connectivity index (χ1) is 17.0. The van der Waals surface area contributed by atoms with E-state index in [2.05, 4.69) is 15.3 Å². The topological polar surface area (TPSA) is 124 Å². The lowest BCUT2D eigenvalue weighted by molar-refractivity contribution is -0.132. The fraction of sp³-hybridized carbons (Fsp3) is 0.375. The number of aryl methyl sites for hydroxylation is 1. The van der Waals surface area contributed by atoms with E-state index in [4.69, 9.17) is 21.3 Å². The standard InChI is InChI=1S/C24H23ClF2N6O3/c1-12-8-14(13(2)29-15-4-5-19(25)31-21(15)23(34)35)20-16(9-12)30-17(10-28)22(32-20)33-7-6-24(26,27)18(11-33)36-3/h4-5,8-9,13,18,29H,6-7,11H2,1-3H3,(H,34,35)/t13-,18?/m1/s1. The predicted octanol–water partition coefficient (Wildman–Crippen LogP) is 4.59. The summed E-state index contributed by atoms with van der Waals surface area (Å²) in [6.45, 7) is 3.51. The van der Waals surface area contributed by atoms with Crippen molar-refractivity contribution >= 4 is 40.1 Å². The monoisotopic (exact) mass is 516 g/mol. The highest BCUT2D eigenvalue weighted by Crippen LogP contribution is 2.35. The number of pyridine rings is 1. The molecule has 36 heavy (non-hydrogen) atoms. The number of carboxylic acids is 1. The van der Waals surface area contributed by atoms with Crippen molar-refractivity contribution in [1.29, 1.82) is 5.26 Å². The Labute approximate surface area is 210 Å². The first-order valence-electron chi connectivity index (χ1n) is 11.1. The molecule has 188 valence electrons. The van der Waals surface area contributed by atoms with Crippen LogP contribution in [0.2, 0.25) is 5.15 Å². The summed E-state index contributed by atoms with van der Waals surface area (Å²) in [4.78, 5) is 26.3. The molecule has 9 nitrogen and oxygen atoms in total. The van der Waals surface area contributed by atoms with Gasteiger partial charge in [0.25, 0.3) is 5.92 Å². The number of hydrogen-bond donors (Lipinski definition) is 2. The molecule has 1 saturated heterocycles. The van der Waals surface area contributed by atoms with Crippen molar-refractivity contribution in [1.82, 2.24) is 15.0 Å². The highest BCUT2D eigenvalue weighted by atomic mass is 35.5. The highest BCUT2D eigenvalue weighted by molar-refractivity contribution is 6.29. The second-order valence-corrected chi connectivity index (χ2v) is 9.00. The molecule has 1 fully saturated rings. The van der Waals surface area contributed by atoms with Gasteiger partial charge in [0.15, 0.2) is 17.2 Å². The second-order valence-electron chi connectivity index (χ2n) is 8.61. The molecule has 1 aromatic carbocycles. The van der Waals surface area contributed by atoms with E-state index < -0.39 is 30.5 Å². The summed E-state index contributed by atoms with van der Waals surface area (Å²) in [5, 5.41) is 22.5. The Kier molecular flexibility index (Phi) is 6.93. The van der Waals surface area contributed by atoms with Gasteiger partial charge in [-0.05, 0) is 37.6 Å². The number of anilines is 2. The van der Waals surface area contributed by atoms with Gasteiger partial charge in [0.2, 0.25) is 0 Å². The Bertz CT molecular complexity index is 1380. The quantitative estimate of drug-likeness (QED) is 0.452. The van der Waals surface area contributed by atoms with Crippen molar-refractivity contribution in [2.75, 3.05) is 30.4 Å². The molecule has 0 saturated carbocycles. The van der Waals surface area contributed by atoms with Crippen LogP contribution in [0, 0.1) is 18.3 Å². The molecule has 3 aromatic rings. The van der Waals surface area contributed by atoms with E-state index in [9.17, 15) is 23.9 Å². The molecule has 3 heterocycles. The number of nitriles is 1. The molecule has 0 aliphatic carbocycles. The van der Waals surface area contributed by atoms with Crippen LogP contribution in [0.1, 0.15) is 46.7 Å². The van der Waals surface area contributed by atoms with Crippen LogP contribution in [0.3, 0.4) is 0 Å². The van der Waals surface area contributed by atoms with Gasteiger partial charge < -0.3 is 20.1 Å². The van der Waals surface area contributed by atoms with Gasteiger partial charge in [0.05, 0.1) is 29.3 Å². The number of carboxylic acid groups (broad SMARTS) is 1. The van der Waals surface area contributed by atoms with Crippen molar-refractivity contribution in [3.63, 3.8) is 0 Å². The molecule has 1 unspecified atom stereocenters. The van der Waals surface area contributed by atoms with Crippen molar-refractivity contribution in [2.45, 2.75) is 38.3 Å². The van der Waals surface area contributed by atoms with Crippen molar-refractivity contribution in [3.8, 4) is 6.07 Å². The molecule has 1 aliphatic rings. The van der Waals surface area contributed by atoms with E-state index in [1.807, 2.05) is 26.0 Å². The number of rotatable bonds is 6. The van der Waals surface area contributed by atoms with Gasteiger partial charge in [-0.1, -0.05) is 17.7 Å². The van der Waals surface area contributed by atoms with E-state index in [1.165, 1.54) is 19.2 Å². The average Bonchev–Trinajstić information content (AvgIpc) is 2.83. The third-order valence-corrected chi connectivity index (χ3v) is 6.30. The Hall–Kier alpha value is -3.62. The fourth-order valence-corrected chi connectivity index (χ4v) is 4.43. The average molecular weight is 517 g/mol. The zero-order chi connectivity index (χ0) is 26.2. The van der Waals surface area contributed by atoms with Crippen LogP contribution in [0.15, 0.2) is 24.3 Å². The number of ether oxygens (including phenoxy) is 1. The van der Waals surface area contributed by atoms with Gasteiger partial charge in [0.1, 0.15) is 17.3 Å². The molecule has 4 rings (SSSR count). The summed E-state index contributed by atoms with van der Waals surface area (Å²) >= 11 is 5.86. The van der Waals surface area contributed by atoms with Crippen LogP contribution in [0.5, 0.6) is 0 Å². The number of benzene rings is 1. The molecular weight excluding hydrogens is 494 g/mol. The molecule has 2 aromatic heterocycles. The summed E-state index contributed by atoms with van der Waals surface area (Å²) in [5.41, 5.74) is 2.50. The van der Waals surface area contributed by atoms with Gasteiger partial charge in [-0.2, -0.15) is 5.26 Å². The van der Waals surface area contributed by atoms with Crippen molar-refractivity contribution < 1.29 is 23.4 Å². The number of halogens is 3. The number of nitrogens with one attached hydrogen (secondary N) is 1. The van der Waals surface area contributed by atoms with Gasteiger partial charge in [-0.3, -0.25) is 0 Å². The predicted molar refractivity (Wildman–Crippen MR) is 130 cm³/mol. The Morgan fingerprint density at radius 3 is 2.78 bits per heavy atom. The maximum Gasteiger partial charge on any atom is 0.356 e. The molecular formula is C24H23ClF2N6O3. The second kappa shape index (κ2) is 9.79. The highest BCUT2D eigenvalue weighted by Gasteiger charge is 2.45. The summed E-state index contributed by atoms with van der Waals surface area (Å²) in [6.07, 6.45) is -1.80. The zero-order valence-electron chi connectivity index (χ0n) is 19.7. The molecule has 0 amide bonds. The van der Waals surface area contributed by atoms with Gasteiger partial charge in [-0.15, -0.1) is 0 Å². The van der Waals surface area contributed by atoms with E-state index in [0.717, 1.165) is 5.56 Å². The number of carbonyl (C=O) groups is 1. The van der Waals surface area contributed by atoms with E-state index in [0.29, 0.717) is 16.6 Å². The van der Waals surface area contributed by atoms with Crippen LogP contribution >= 0.6 is 11.6 Å². The number of methoxy groups -OCH3 is 1. The summed E-state index contributed by atoms with van der Waals surface area (Å²) in [5.74, 6) is -4.03. The molecule has 0 radical (unpaired) electrons. The SMILES string of the molecule is COC1CN(c2nc3c([C@@H](C)Nc4ccc(Cl)nc4C(=O)O)cc(C)cc3nc2C#N)CCC1(F)F. The molecule has 2 N–H and O–H groups in total. The van der Waals surface area contributed by atoms with Crippen molar-refractivity contribution in [2.24, 2.45) is 0 Å².